The van der Waals surface area contributed by atoms with Crippen LogP contribution < -0.4 is 10.5 Å². The number of fused-ring (bicyclic) bond motifs is 1. The predicted octanol–water partition coefficient (Wildman–Crippen LogP) is 3.07. The van der Waals surface area contributed by atoms with Crippen LogP contribution in [-0.2, 0) is 0 Å². The Kier molecular flexibility index (Phi) is 2.38. The highest BCUT2D eigenvalue weighted by atomic mass is 32.1. The number of hydrogen-bond donors (Lipinski definition) is 1. The van der Waals surface area contributed by atoms with Gasteiger partial charge in [-0.2, -0.15) is 0 Å². The standard InChI is InChI=1S/C12H9N3OS/c13-9-3-4-10(16-12-15-6-7-17-12)8-2-1-5-14-11(8)9/h1-7H,13H2. The van der Waals surface area contributed by atoms with Crippen LogP contribution in [0.5, 0.6) is 10.9 Å². The number of nitrogens with two attached hydrogens (primary N) is 1. The van der Waals surface area contributed by atoms with E-state index in [-0.39, 0.29) is 0 Å². The highest BCUT2D eigenvalue weighted by molar-refractivity contribution is 7.11. The zero-order chi connectivity index (χ0) is 11.7. The molecule has 17 heavy (non-hydrogen) atoms. The third kappa shape index (κ3) is 1.81. The highest BCUT2D eigenvalue weighted by Crippen LogP contribution is 2.32. The Morgan fingerprint density at radius 3 is 2.88 bits per heavy atom. The first kappa shape index (κ1) is 10.0. The number of thiazole rings is 1. The van der Waals surface area contributed by atoms with E-state index in [4.69, 9.17) is 10.5 Å². The van der Waals surface area contributed by atoms with Crippen molar-refractivity contribution in [3.05, 3.63) is 42.0 Å². The average molecular weight is 243 g/mol. The van der Waals surface area contributed by atoms with Gasteiger partial charge in [-0.3, -0.25) is 4.98 Å². The third-order valence-electron chi connectivity index (χ3n) is 2.37. The number of nitrogens with zero attached hydrogens (tertiary/aromatic N) is 2. The number of nitrogen functional groups attached to an aromatic ring is 1. The van der Waals surface area contributed by atoms with Gasteiger partial charge in [0.15, 0.2) is 0 Å². The summed E-state index contributed by atoms with van der Waals surface area (Å²) in [6.07, 6.45) is 3.42. The first-order valence-electron chi connectivity index (χ1n) is 5.05. The van der Waals surface area contributed by atoms with E-state index in [2.05, 4.69) is 9.97 Å². The van der Waals surface area contributed by atoms with Crippen molar-refractivity contribution in [2.24, 2.45) is 0 Å². The number of rotatable bonds is 2. The van der Waals surface area contributed by atoms with Crippen LogP contribution in [0.25, 0.3) is 10.9 Å². The van der Waals surface area contributed by atoms with Crippen molar-refractivity contribution in [1.82, 2.24) is 9.97 Å². The summed E-state index contributed by atoms with van der Waals surface area (Å²) in [7, 11) is 0. The van der Waals surface area contributed by atoms with Crippen molar-refractivity contribution in [2.75, 3.05) is 5.73 Å². The van der Waals surface area contributed by atoms with Crippen molar-refractivity contribution in [3.63, 3.8) is 0 Å². The second-order valence-electron chi connectivity index (χ2n) is 3.45. The lowest BCUT2D eigenvalue weighted by Gasteiger charge is -2.07. The normalized spacial score (nSPS) is 10.6. The van der Waals surface area contributed by atoms with Gasteiger partial charge in [-0.05, 0) is 24.3 Å². The second-order valence-corrected chi connectivity index (χ2v) is 4.31. The molecule has 5 heteroatoms. The topological polar surface area (TPSA) is 61.0 Å². The van der Waals surface area contributed by atoms with Crippen molar-refractivity contribution < 1.29 is 4.74 Å². The molecule has 3 aromatic rings. The molecule has 4 nitrogen and oxygen atoms in total. The average Bonchev–Trinajstić information content (AvgIpc) is 2.86. The van der Waals surface area contributed by atoms with Crippen LogP contribution in [0.1, 0.15) is 0 Å². The minimum Gasteiger partial charge on any atom is -0.430 e. The fraction of sp³-hybridized carbons (Fsp3) is 0. The molecule has 0 unspecified atom stereocenters. The first-order valence-corrected chi connectivity index (χ1v) is 5.93. The molecule has 1 aromatic carbocycles. The number of aromatic nitrogens is 2. The van der Waals surface area contributed by atoms with Gasteiger partial charge in [-0.15, -0.1) is 0 Å². The quantitative estimate of drug-likeness (QED) is 0.703. The molecule has 0 fully saturated rings. The molecule has 0 radical (unpaired) electrons. The van der Waals surface area contributed by atoms with Crippen LogP contribution in [0.4, 0.5) is 5.69 Å². The van der Waals surface area contributed by atoms with E-state index in [1.165, 1.54) is 11.3 Å². The molecule has 0 saturated carbocycles. The monoisotopic (exact) mass is 243 g/mol. The maximum absolute atomic E-state index is 5.87. The van der Waals surface area contributed by atoms with E-state index in [0.717, 1.165) is 16.7 Å². The molecule has 3 rings (SSSR count). The summed E-state index contributed by atoms with van der Waals surface area (Å²) >= 11 is 1.45. The summed E-state index contributed by atoms with van der Waals surface area (Å²) < 4.78 is 5.70. The van der Waals surface area contributed by atoms with Crippen LogP contribution >= 0.6 is 11.3 Å². The minimum atomic E-state index is 0.611. The maximum Gasteiger partial charge on any atom is 0.278 e. The Morgan fingerprint density at radius 1 is 1.12 bits per heavy atom. The lowest BCUT2D eigenvalue weighted by atomic mass is 10.2. The Hall–Kier alpha value is -2.14. The molecular formula is C12H9N3OS. The van der Waals surface area contributed by atoms with Crippen molar-refractivity contribution >= 4 is 27.9 Å². The number of anilines is 1. The Balaban J connectivity index is 2.14. The van der Waals surface area contributed by atoms with Crippen LogP contribution in [0.2, 0.25) is 0 Å². The van der Waals surface area contributed by atoms with E-state index in [0.29, 0.717) is 10.9 Å². The molecule has 0 atom stereocenters. The second kappa shape index (κ2) is 4.03. The van der Waals surface area contributed by atoms with Crippen LogP contribution in [-0.4, -0.2) is 9.97 Å². The molecule has 84 valence electrons. The summed E-state index contributed by atoms with van der Waals surface area (Å²) in [5.41, 5.74) is 7.26. The first-order chi connectivity index (χ1) is 8.34. The predicted molar refractivity (Wildman–Crippen MR) is 68.3 cm³/mol. The van der Waals surface area contributed by atoms with E-state index in [1.54, 1.807) is 18.5 Å². The number of ether oxygens (including phenoxy) is 1. The Morgan fingerprint density at radius 2 is 2.06 bits per heavy atom. The summed E-state index contributed by atoms with van der Waals surface area (Å²) in [5.74, 6) is 0.720. The molecule has 0 aliphatic heterocycles. The fourth-order valence-electron chi connectivity index (χ4n) is 1.61. The largest absolute Gasteiger partial charge is 0.430 e. The third-order valence-corrected chi connectivity index (χ3v) is 3.02. The summed E-state index contributed by atoms with van der Waals surface area (Å²) in [6.45, 7) is 0. The van der Waals surface area contributed by atoms with E-state index >= 15 is 0 Å². The van der Waals surface area contributed by atoms with Crippen LogP contribution in [0.15, 0.2) is 42.0 Å². The van der Waals surface area contributed by atoms with Gasteiger partial charge in [-0.1, -0.05) is 11.3 Å². The number of pyridine rings is 1. The van der Waals surface area contributed by atoms with Gasteiger partial charge in [0, 0.05) is 23.2 Å². The van der Waals surface area contributed by atoms with Gasteiger partial charge in [0.1, 0.15) is 5.75 Å². The summed E-state index contributed by atoms with van der Waals surface area (Å²) in [4.78, 5) is 8.33. The van der Waals surface area contributed by atoms with Crippen molar-refractivity contribution in [3.8, 4) is 10.9 Å². The molecule has 0 aliphatic rings. The van der Waals surface area contributed by atoms with Crippen LogP contribution in [0, 0.1) is 0 Å². The molecule has 2 heterocycles. The van der Waals surface area contributed by atoms with Gasteiger partial charge in [-0.25, -0.2) is 4.98 Å². The summed E-state index contributed by atoms with van der Waals surface area (Å²) in [6, 6.07) is 7.41. The summed E-state index contributed by atoms with van der Waals surface area (Å²) in [5, 5.41) is 3.37. The molecule has 0 spiro atoms. The Labute approximate surface area is 102 Å². The molecule has 2 N–H and O–H groups in total. The van der Waals surface area contributed by atoms with Gasteiger partial charge in [0.25, 0.3) is 5.19 Å². The zero-order valence-electron chi connectivity index (χ0n) is 8.83. The molecule has 0 bridgehead atoms. The molecular weight excluding hydrogens is 234 g/mol. The van der Waals surface area contributed by atoms with E-state index in [1.807, 2.05) is 23.6 Å². The minimum absolute atomic E-state index is 0.611. The SMILES string of the molecule is Nc1ccc(Oc2nccs2)c2cccnc12. The van der Waals surface area contributed by atoms with Gasteiger partial charge < -0.3 is 10.5 Å². The lowest BCUT2D eigenvalue weighted by Crippen LogP contribution is -1.92. The van der Waals surface area contributed by atoms with Crippen molar-refractivity contribution in [2.45, 2.75) is 0 Å². The van der Waals surface area contributed by atoms with E-state index < -0.39 is 0 Å². The smallest absolute Gasteiger partial charge is 0.278 e. The maximum atomic E-state index is 5.87. The van der Waals surface area contributed by atoms with Gasteiger partial charge >= 0.3 is 0 Å². The highest BCUT2D eigenvalue weighted by Gasteiger charge is 2.07. The number of hydrogen-bond acceptors (Lipinski definition) is 5. The molecule has 2 aromatic heterocycles. The lowest BCUT2D eigenvalue weighted by molar-refractivity contribution is 0.484. The zero-order valence-corrected chi connectivity index (χ0v) is 9.65. The molecule has 0 aliphatic carbocycles. The Bertz CT molecular complexity index is 652. The van der Waals surface area contributed by atoms with Crippen LogP contribution in [0.3, 0.4) is 0 Å². The van der Waals surface area contributed by atoms with Gasteiger partial charge in [0.05, 0.1) is 11.2 Å². The molecule has 0 saturated heterocycles. The van der Waals surface area contributed by atoms with Crippen molar-refractivity contribution in [1.29, 1.82) is 0 Å². The van der Waals surface area contributed by atoms with E-state index in [9.17, 15) is 0 Å². The number of benzene rings is 1. The molecule has 0 amide bonds. The van der Waals surface area contributed by atoms with Gasteiger partial charge in [0.2, 0.25) is 0 Å². The fourth-order valence-corrected chi connectivity index (χ4v) is 2.11.